The number of esters is 1. The zero-order valence-corrected chi connectivity index (χ0v) is 14.2. The number of halogens is 1. The Morgan fingerprint density at radius 1 is 1.24 bits per heavy atom. The zero-order chi connectivity index (χ0) is 15.2. The van der Waals surface area contributed by atoms with Crippen LogP contribution in [-0.4, -0.2) is 29.8 Å². The number of rotatable bonds is 7. The maximum absolute atomic E-state index is 11.8. The van der Waals surface area contributed by atoms with Crippen LogP contribution >= 0.6 is 0 Å². The van der Waals surface area contributed by atoms with Gasteiger partial charge in [-0.05, 0) is 20.8 Å². The second-order valence-electron chi connectivity index (χ2n) is 5.28. The number of hydrogen-bond donors (Lipinski definition) is 0. The third-order valence-electron chi connectivity index (χ3n) is 4.00. The number of nitrogens with zero attached hydrogens (tertiary/aromatic N) is 1. The first-order valence-electron chi connectivity index (χ1n) is 7.21. The largest absolute Gasteiger partial charge is 1.00 e. The number of carbonyl (C=O) groups is 1. The van der Waals surface area contributed by atoms with Crippen molar-refractivity contribution in [2.24, 2.45) is 0 Å². The number of carbonyl (C=O) groups excluding carboxylic acids is 1. The van der Waals surface area contributed by atoms with Gasteiger partial charge in [0.15, 0.2) is 0 Å². The van der Waals surface area contributed by atoms with E-state index >= 15 is 0 Å². The first-order valence-corrected chi connectivity index (χ1v) is 7.21. The lowest BCUT2D eigenvalue weighted by Gasteiger charge is -2.41. The van der Waals surface area contributed by atoms with Crippen molar-refractivity contribution >= 4 is 5.97 Å². The molecule has 0 aliphatic rings. The van der Waals surface area contributed by atoms with Crippen LogP contribution in [0.25, 0.3) is 0 Å². The van der Waals surface area contributed by atoms with Crippen LogP contribution in [0.2, 0.25) is 0 Å². The van der Waals surface area contributed by atoms with Gasteiger partial charge in [0, 0.05) is 18.1 Å². The number of quaternary nitrogens is 1. The minimum absolute atomic E-state index is 0. The van der Waals surface area contributed by atoms with E-state index in [1.54, 1.807) is 6.92 Å². The predicted molar refractivity (Wildman–Crippen MR) is 81.9 cm³/mol. The van der Waals surface area contributed by atoms with Gasteiger partial charge in [0.25, 0.3) is 0 Å². The lowest BCUT2D eigenvalue weighted by Crippen LogP contribution is -3.00. The van der Waals surface area contributed by atoms with Crippen molar-refractivity contribution in [3.05, 3.63) is 48.0 Å². The van der Waals surface area contributed by atoms with Gasteiger partial charge < -0.3 is 17.1 Å². The summed E-state index contributed by atoms with van der Waals surface area (Å²) >= 11 is 0. The van der Waals surface area contributed by atoms with Crippen molar-refractivity contribution in [2.75, 3.05) is 13.1 Å². The van der Waals surface area contributed by atoms with Crippen LogP contribution in [0, 0.1) is 0 Å². The summed E-state index contributed by atoms with van der Waals surface area (Å²) in [5, 5.41) is 0. The highest BCUT2D eigenvalue weighted by atomic mass is 35.5. The van der Waals surface area contributed by atoms with Crippen LogP contribution in [-0.2, 0) is 16.1 Å². The van der Waals surface area contributed by atoms with E-state index in [0.29, 0.717) is 5.57 Å². The fourth-order valence-electron chi connectivity index (χ4n) is 2.40. The number of benzene rings is 1. The minimum atomic E-state index is -0.310. The predicted octanol–water partition coefficient (Wildman–Crippen LogP) is 0.513. The Bertz CT molecular complexity index is 455. The molecule has 0 heterocycles. The highest BCUT2D eigenvalue weighted by Crippen LogP contribution is 2.21. The Morgan fingerprint density at radius 2 is 1.76 bits per heavy atom. The van der Waals surface area contributed by atoms with E-state index < -0.39 is 0 Å². The van der Waals surface area contributed by atoms with Crippen molar-refractivity contribution in [3.63, 3.8) is 0 Å². The van der Waals surface area contributed by atoms with Crippen molar-refractivity contribution in [2.45, 2.75) is 40.5 Å². The van der Waals surface area contributed by atoms with Gasteiger partial charge in [-0.2, -0.15) is 0 Å². The first kappa shape index (κ1) is 19.7. The van der Waals surface area contributed by atoms with Crippen molar-refractivity contribution in [3.8, 4) is 0 Å². The highest BCUT2D eigenvalue weighted by Gasteiger charge is 2.33. The topological polar surface area (TPSA) is 26.3 Å². The SMILES string of the molecule is C=C(C)C(=O)OC(C)[N+](CC)(CC)Cc1ccccc1.[Cl-]. The Kier molecular flexibility index (Phi) is 8.30. The summed E-state index contributed by atoms with van der Waals surface area (Å²) in [6.45, 7) is 14.3. The van der Waals surface area contributed by atoms with Crippen LogP contribution in [0.1, 0.15) is 33.3 Å². The quantitative estimate of drug-likeness (QED) is 0.317. The molecule has 4 heteroatoms. The van der Waals surface area contributed by atoms with Crippen LogP contribution in [0.5, 0.6) is 0 Å². The zero-order valence-electron chi connectivity index (χ0n) is 13.4. The lowest BCUT2D eigenvalue weighted by atomic mass is 10.1. The molecule has 0 spiro atoms. The summed E-state index contributed by atoms with van der Waals surface area (Å²) in [6, 6.07) is 10.3. The van der Waals surface area contributed by atoms with E-state index in [-0.39, 0.29) is 24.6 Å². The monoisotopic (exact) mass is 311 g/mol. The normalized spacial score (nSPS) is 12.2. The Hall–Kier alpha value is -1.32. The second kappa shape index (κ2) is 8.85. The Morgan fingerprint density at radius 3 is 2.19 bits per heavy atom. The van der Waals surface area contributed by atoms with E-state index in [1.165, 1.54) is 5.56 Å². The van der Waals surface area contributed by atoms with Gasteiger partial charge in [0.05, 0.1) is 13.1 Å². The Balaban J connectivity index is 0.00000400. The third-order valence-corrected chi connectivity index (χ3v) is 4.00. The average Bonchev–Trinajstić information content (AvgIpc) is 2.45. The van der Waals surface area contributed by atoms with Gasteiger partial charge in [-0.15, -0.1) is 0 Å². The molecule has 3 nitrogen and oxygen atoms in total. The molecule has 118 valence electrons. The molecule has 0 radical (unpaired) electrons. The molecular formula is C17H26ClNO2. The molecule has 0 saturated carbocycles. The van der Waals surface area contributed by atoms with Crippen LogP contribution in [0.15, 0.2) is 42.5 Å². The lowest BCUT2D eigenvalue weighted by molar-refractivity contribution is -0.976. The fraction of sp³-hybridized carbons (Fsp3) is 0.471. The molecule has 1 aromatic carbocycles. The van der Waals surface area contributed by atoms with Crippen LogP contribution in [0.3, 0.4) is 0 Å². The maximum Gasteiger partial charge on any atom is 0.337 e. The Labute approximate surface area is 134 Å². The molecule has 1 aromatic rings. The highest BCUT2D eigenvalue weighted by molar-refractivity contribution is 5.86. The molecule has 0 aromatic heterocycles. The minimum Gasteiger partial charge on any atom is -1.00 e. The van der Waals surface area contributed by atoms with Gasteiger partial charge in [-0.3, -0.25) is 4.48 Å². The standard InChI is InChI=1S/C17H26NO2.ClH/c1-6-18(7-2,13-16-11-9-8-10-12-16)15(5)20-17(19)14(3)4;/h8-12,15H,3,6-7,13H2,1-2,4-5H3;1H/q+1;/p-1. The molecule has 0 aliphatic heterocycles. The molecule has 0 aliphatic carbocycles. The molecule has 21 heavy (non-hydrogen) atoms. The molecule has 0 amide bonds. The summed E-state index contributed by atoms with van der Waals surface area (Å²) < 4.78 is 6.29. The van der Waals surface area contributed by atoms with Crippen molar-refractivity contribution in [1.82, 2.24) is 0 Å². The summed E-state index contributed by atoms with van der Waals surface area (Å²) in [7, 11) is 0. The number of ether oxygens (including phenoxy) is 1. The summed E-state index contributed by atoms with van der Waals surface area (Å²) in [4.78, 5) is 11.8. The molecule has 0 fully saturated rings. The molecule has 0 saturated heterocycles. The number of hydrogen-bond acceptors (Lipinski definition) is 2. The van der Waals surface area contributed by atoms with Gasteiger partial charge in [0.2, 0.25) is 6.23 Å². The van der Waals surface area contributed by atoms with Crippen molar-refractivity contribution in [1.29, 1.82) is 0 Å². The van der Waals surface area contributed by atoms with Gasteiger partial charge in [-0.25, -0.2) is 4.79 Å². The molecule has 0 bridgehead atoms. The third kappa shape index (κ3) is 5.18. The average molecular weight is 312 g/mol. The molecule has 1 atom stereocenters. The first-order chi connectivity index (χ1) is 9.45. The molecule has 1 unspecified atom stereocenters. The smallest absolute Gasteiger partial charge is 0.337 e. The van der Waals surface area contributed by atoms with Crippen molar-refractivity contribution < 1.29 is 26.4 Å². The summed E-state index contributed by atoms with van der Waals surface area (Å²) in [5.41, 5.74) is 1.70. The van der Waals surface area contributed by atoms with E-state index in [9.17, 15) is 4.79 Å². The van der Waals surface area contributed by atoms with Gasteiger partial charge >= 0.3 is 5.97 Å². The summed E-state index contributed by atoms with van der Waals surface area (Å²) in [5.74, 6) is -0.310. The van der Waals surface area contributed by atoms with Crippen LogP contribution < -0.4 is 12.4 Å². The maximum atomic E-state index is 11.8. The second-order valence-corrected chi connectivity index (χ2v) is 5.28. The molecule has 0 N–H and O–H groups in total. The fourth-order valence-corrected chi connectivity index (χ4v) is 2.40. The van der Waals surface area contributed by atoms with Gasteiger partial charge in [-0.1, -0.05) is 36.9 Å². The summed E-state index contributed by atoms with van der Waals surface area (Å²) in [6.07, 6.45) is -0.186. The van der Waals surface area contributed by atoms with E-state index in [2.05, 4.69) is 32.6 Å². The molecule has 1 rings (SSSR count). The van der Waals surface area contributed by atoms with Gasteiger partial charge in [0.1, 0.15) is 6.54 Å². The van der Waals surface area contributed by atoms with E-state index in [0.717, 1.165) is 24.1 Å². The van der Waals surface area contributed by atoms with E-state index in [1.807, 2.05) is 25.1 Å². The van der Waals surface area contributed by atoms with E-state index in [4.69, 9.17) is 4.74 Å². The van der Waals surface area contributed by atoms with Crippen LogP contribution in [0.4, 0.5) is 0 Å². The molecular weight excluding hydrogens is 286 g/mol.